The van der Waals surface area contributed by atoms with E-state index in [4.69, 9.17) is 4.74 Å². The largest absolute Gasteiger partial charge is 0.427 e. The summed E-state index contributed by atoms with van der Waals surface area (Å²) >= 11 is 0. The minimum Gasteiger partial charge on any atom is -0.427 e. The van der Waals surface area contributed by atoms with Crippen LogP contribution in [0.5, 0.6) is 5.75 Å². The lowest BCUT2D eigenvalue weighted by molar-refractivity contribution is -0.134. The molecule has 1 aliphatic heterocycles. The van der Waals surface area contributed by atoms with E-state index in [9.17, 15) is 4.79 Å². The summed E-state index contributed by atoms with van der Waals surface area (Å²) in [6.45, 7) is 3.69. The number of hydrogen-bond donors (Lipinski definition) is 0. The van der Waals surface area contributed by atoms with E-state index in [0.717, 1.165) is 18.8 Å². The molecule has 0 N–H and O–H groups in total. The molecule has 4 heteroatoms. The number of halogens is 1. The molecule has 0 unspecified atom stereocenters. The van der Waals surface area contributed by atoms with Gasteiger partial charge in [-0.2, -0.15) is 0 Å². The van der Waals surface area contributed by atoms with E-state index in [1.165, 1.54) is 0 Å². The Morgan fingerprint density at radius 1 is 1.24 bits per heavy atom. The van der Waals surface area contributed by atoms with Crippen LogP contribution in [0.4, 0.5) is 5.69 Å². The van der Waals surface area contributed by atoms with E-state index >= 15 is 0 Å². The highest BCUT2D eigenvalue weighted by Crippen LogP contribution is 2.21. The number of carbonyl (C=O) groups excluding carboxylic acids is 1. The summed E-state index contributed by atoms with van der Waals surface area (Å²) in [5.41, 5.74) is 1.15. The van der Waals surface area contributed by atoms with E-state index in [0.29, 0.717) is 12.2 Å². The maximum atomic E-state index is 11.1. The standard InChI is InChI=1S/C13H15NO2.ClH/c1-2-13(15)16-12-7-5-11(6-8-12)14-9-3-4-10-14;/h3-8H,2,9-10H2,1H3;1H. The Hall–Kier alpha value is -1.48. The van der Waals surface area contributed by atoms with E-state index in [1.807, 2.05) is 24.3 Å². The van der Waals surface area contributed by atoms with Gasteiger partial charge < -0.3 is 9.64 Å². The van der Waals surface area contributed by atoms with Crippen LogP contribution in [-0.2, 0) is 4.79 Å². The minimum absolute atomic E-state index is 0. The average molecular weight is 254 g/mol. The van der Waals surface area contributed by atoms with E-state index in [-0.39, 0.29) is 18.4 Å². The quantitative estimate of drug-likeness (QED) is 0.471. The maximum Gasteiger partial charge on any atom is 0.310 e. The van der Waals surface area contributed by atoms with Gasteiger partial charge in [0.05, 0.1) is 0 Å². The lowest BCUT2D eigenvalue weighted by atomic mass is 10.3. The third kappa shape index (κ3) is 3.49. The first-order valence-corrected chi connectivity index (χ1v) is 5.50. The molecule has 0 fully saturated rings. The predicted molar refractivity (Wildman–Crippen MR) is 71.0 cm³/mol. The lowest BCUT2D eigenvalue weighted by Crippen LogP contribution is -2.18. The fourth-order valence-corrected chi connectivity index (χ4v) is 1.62. The van der Waals surface area contributed by atoms with Crippen LogP contribution in [0.3, 0.4) is 0 Å². The molecule has 1 aromatic carbocycles. The summed E-state index contributed by atoms with van der Waals surface area (Å²) in [4.78, 5) is 13.3. The Kier molecular flexibility index (Phi) is 5.04. The van der Waals surface area contributed by atoms with Crippen LogP contribution in [0.2, 0.25) is 0 Å². The molecule has 0 spiro atoms. The number of benzene rings is 1. The first-order valence-electron chi connectivity index (χ1n) is 5.50. The second-order valence-electron chi connectivity index (χ2n) is 3.70. The molecule has 1 aromatic rings. The van der Waals surface area contributed by atoms with Crippen LogP contribution in [0.25, 0.3) is 0 Å². The number of rotatable bonds is 3. The van der Waals surface area contributed by atoms with Crippen LogP contribution < -0.4 is 9.64 Å². The van der Waals surface area contributed by atoms with Crippen molar-refractivity contribution in [3.05, 3.63) is 36.4 Å². The fourth-order valence-electron chi connectivity index (χ4n) is 1.62. The molecule has 0 radical (unpaired) electrons. The van der Waals surface area contributed by atoms with Crippen LogP contribution in [0.15, 0.2) is 36.4 Å². The highest BCUT2D eigenvalue weighted by molar-refractivity contribution is 5.85. The molecule has 0 atom stereocenters. The second-order valence-corrected chi connectivity index (χ2v) is 3.70. The molecule has 0 bridgehead atoms. The second kappa shape index (κ2) is 6.30. The molecule has 2 rings (SSSR count). The Labute approximate surface area is 107 Å². The van der Waals surface area contributed by atoms with Crippen molar-refractivity contribution in [1.29, 1.82) is 0 Å². The molecule has 0 aromatic heterocycles. The van der Waals surface area contributed by atoms with E-state index in [1.54, 1.807) is 6.92 Å². The smallest absolute Gasteiger partial charge is 0.310 e. The van der Waals surface area contributed by atoms with Gasteiger partial charge in [0.25, 0.3) is 0 Å². The average Bonchev–Trinajstić information content (AvgIpc) is 2.83. The summed E-state index contributed by atoms with van der Waals surface area (Å²) in [6.07, 6.45) is 4.69. The normalized spacial score (nSPS) is 13.4. The fraction of sp³-hybridized carbons (Fsp3) is 0.308. The molecule has 0 aliphatic carbocycles. The van der Waals surface area contributed by atoms with Gasteiger partial charge in [0.2, 0.25) is 0 Å². The van der Waals surface area contributed by atoms with Gasteiger partial charge in [0.1, 0.15) is 5.75 Å². The minimum atomic E-state index is -0.199. The predicted octanol–water partition coefficient (Wildman–Crippen LogP) is 2.80. The molecule has 3 nitrogen and oxygen atoms in total. The zero-order valence-corrected chi connectivity index (χ0v) is 10.6. The van der Waals surface area contributed by atoms with Crippen molar-refractivity contribution in [3.8, 4) is 5.75 Å². The first kappa shape index (κ1) is 13.6. The number of ether oxygens (including phenoxy) is 1. The molecule has 1 aliphatic rings. The van der Waals surface area contributed by atoms with Crippen molar-refractivity contribution in [2.24, 2.45) is 0 Å². The highest BCUT2D eigenvalue weighted by Gasteiger charge is 2.08. The maximum absolute atomic E-state index is 11.1. The van der Waals surface area contributed by atoms with E-state index < -0.39 is 0 Å². The summed E-state index contributed by atoms with van der Waals surface area (Å²) in [5.74, 6) is 0.415. The Morgan fingerprint density at radius 3 is 2.35 bits per heavy atom. The van der Waals surface area contributed by atoms with Crippen molar-refractivity contribution in [2.45, 2.75) is 13.3 Å². The van der Waals surface area contributed by atoms with Gasteiger partial charge >= 0.3 is 5.97 Å². The summed E-state index contributed by atoms with van der Waals surface area (Å²) in [7, 11) is 0. The van der Waals surface area contributed by atoms with Crippen LogP contribution >= 0.6 is 12.4 Å². The van der Waals surface area contributed by atoms with Crippen molar-refractivity contribution < 1.29 is 9.53 Å². The van der Waals surface area contributed by atoms with E-state index in [2.05, 4.69) is 17.1 Å². The number of hydrogen-bond acceptors (Lipinski definition) is 3. The molecule has 92 valence electrons. The van der Waals surface area contributed by atoms with Gasteiger partial charge in [-0.25, -0.2) is 0 Å². The number of anilines is 1. The van der Waals surface area contributed by atoms with Gasteiger partial charge in [-0.15, -0.1) is 12.4 Å². The number of esters is 1. The third-order valence-electron chi connectivity index (χ3n) is 2.54. The topological polar surface area (TPSA) is 29.5 Å². The molecule has 0 amide bonds. The van der Waals surface area contributed by atoms with Crippen molar-refractivity contribution in [2.75, 3.05) is 18.0 Å². The van der Waals surface area contributed by atoms with Crippen LogP contribution in [-0.4, -0.2) is 19.1 Å². The lowest BCUT2D eigenvalue weighted by Gasteiger charge is -2.17. The Balaban J connectivity index is 0.00000144. The summed E-state index contributed by atoms with van der Waals surface area (Å²) in [5, 5.41) is 0. The summed E-state index contributed by atoms with van der Waals surface area (Å²) in [6, 6.07) is 7.62. The molecule has 0 saturated heterocycles. The van der Waals surface area contributed by atoms with Crippen LogP contribution in [0, 0.1) is 0 Å². The summed E-state index contributed by atoms with van der Waals surface area (Å²) < 4.78 is 5.11. The van der Waals surface area contributed by atoms with Crippen molar-refractivity contribution in [1.82, 2.24) is 0 Å². The third-order valence-corrected chi connectivity index (χ3v) is 2.54. The zero-order chi connectivity index (χ0) is 11.4. The highest BCUT2D eigenvalue weighted by atomic mass is 35.5. The SMILES string of the molecule is CCC(=O)Oc1ccc(N2CC=CC2)cc1.Cl. The van der Waals surface area contributed by atoms with Crippen molar-refractivity contribution in [3.63, 3.8) is 0 Å². The van der Waals surface area contributed by atoms with Crippen LogP contribution in [0.1, 0.15) is 13.3 Å². The van der Waals surface area contributed by atoms with Gasteiger partial charge in [-0.05, 0) is 24.3 Å². The van der Waals surface area contributed by atoms with Gasteiger partial charge in [0.15, 0.2) is 0 Å². The number of carbonyl (C=O) groups is 1. The van der Waals surface area contributed by atoms with Gasteiger partial charge in [-0.1, -0.05) is 19.1 Å². The van der Waals surface area contributed by atoms with Crippen molar-refractivity contribution >= 4 is 24.1 Å². The molecular formula is C13H16ClNO2. The molecular weight excluding hydrogens is 238 g/mol. The molecule has 0 saturated carbocycles. The first-order chi connectivity index (χ1) is 7.79. The van der Waals surface area contributed by atoms with Gasteiger partial charge in [0, 0.05) is 25.2 Å². The molecule has 17 heavy (non-hydrogen) atoms. The van der Waals surface area contributed by atoms with Gasteiger partial charge in [-0.3, -0.25) is 4.79 Å². The Bertz CT molecular complexity index is 392. The molecule has 1 heterocycles. The Morgan fingerprint density at radius 2 is 1.82 bits per heavy atom. The monoisotopic (exact) mass is 253 g/mol. The number of nitrogens with zero attached hydrogens (tertiary/aromatic N) is 1. The zero-order valence-electron chi connectivity index (χ0n) is 9.76.